The molecule has 0 fully saturated rings. The first-order valence-electron chi connectivity index (χ1n) is 3.11. The van der Waals surface area contributed by atoms with Gasteiger partial charge in [-0.3, -0.25) is 4.79 Å². The summed E-state index contributed by atoms with van der Waals surface area (Å²) in [7, 11) is 0. The van der Waals surface area contributed by atoms with E-state index in [0.717, 1.165) is 5.57 Å². The van der Waals surface area contributed by atoms with Crippen molar-refractivity contribution in [1.29, 1.82) is 0 Å². The van der Waals surface area contributed by atoms with Gasteiger partial charge in [0.15, 0.2) is 0 Å². The standard InChI is InChI=1S/C8H12O2/c1-4-6(2)5-7(3)8(9)10/h4-5,7H,1H2,2-3H3,(H,9,10)/b6-5+/t7-/m0/s1. The van der Waals surface area contributed by atoms with Gasteiger partial charge in [-0.25, -0.2) is 0 Å². The van der Waals surface area contributed by atoms with Crippen molar-refractivity contribution in [3.8, 4) is 0 Å². The molecule has 2 nitrogen and oxygen atoms in total. The van der Waals surface area contributed by atoms with Gasteiger partial charge in [0, 0.05) is 0 Å². The van der Waals surface area contributed by atoms with Crippen molar-refractivity contribution in [3.05, 3.63) is 24.3 Å². The van der Waals surface area contributed by atoms with Gasteiger partial charge in [0.1, 0.15) is 0 Å². The van der Waals surface area contributed by atoms with Gasteiger partial charge in [0.2, 0.25) is 0 Å². The van der Waals surface area contributed by atoms with Crippen LogP contribution in [0.4, 0.5) is 0 Å². The second kappa shape index (κ2) is 3.88. The Kier molecular flexibility index (Phi) is 3.47. The zero-order chi connectivity index (χ0) is 8.15. The van der Waals surface area contributed by atoms with Gasteiger partial charge in [-0.05, 0) is 13.8 Å². The minimum absolute atomic E-state index is 0.419. The smallest absolute Gasteiger partial charge is 0.310 e. The van der Waals surface area contributed by atoms with Gasteiger partial charge in [-0.15, -0.1) is 0 Å². The van der Waals surface area contributed by atoms with Crippen molar-refractivity contribution >= 4 is 5.97 Å². The molecular formula is C8H12O2. The van der Waals surface area contributed by atoms with Crippen LogP contribution in [0.5, 0.6) is 0 Å². The van der Waals surface area contributed by atoms with Gasteiger partial charge < -0.3 is 5.11 Å². The summed E-state index contributed by atoms with van der Waals surface area (Å²) in [6.07, 6.45) is 3.30. The molecule has 0 amide bonds. The molecule has 56 valence electrons. The molecule has 1 N–H and O–H groups in total. The van der Waals surface area contributed by atoms with Gasteiger partial charge in [-0.2, -0.15) is 0 Å². The lowest BCUT2D eigenvalue weighted by atomic mass is 10.1. The average Bonchev–Trinajstić information content (AvgIpc) is 1.87. The van der Waals surface area contributed by atoms with Gasteiger partial charge >= 0.3 is 5.97 Å². The summed E-state index contributed by atoms with van der Waals surface area (Å²) in [5, 5.41) is 8.45. The number of rotatable bonds is 3. The summed E-state index contributed by atoms with van der Waals surface area (Å²) in [6.45, 7) is 6.97. The predicted molar refractivity (Wildman–Crippen MR) is 40.8 cm³/mol. The van der Waals surface area contributed by atoms with E-state index in [-0.39, 0.29) is 0 Å². The van der Waals surface area contributed by atoms with Crippen molar-refractivity contribution in [1.82, 2.24) is 0 Å². The van der Waals surface area contributed by atoms with Crippen LogP contribution in [0.25, 0.3) is 0 Å². The third kappa shape index (κ3) is 3.07. The molecule has 0 saturated heterocycles. The molecule has 0 aromatic rings. The summed E-state index contributed by atoms with van der Waals surface area (Å²) in [6, 6.07) is 0. The van der Waals surface area contributed by atoms with E-state index in [0.29, 0.717) is 0 Å². The molecular weight excluding hydrogens is 128 g/mol. The zero-order valence-corrected chi connectivity index (χ0v) is 6.29. The van der Waals surface area contributed by atoms with Gasteiger partial charge in [-0.1, -0.05) is 24.3 Å². The zero-order valence-electron chi connectivity index (χ0n) is 6.29. The number of hydrogen-bond donors (Lipinski definition) is 1. The van der Waals surface area contributed by atoms with Crippen LogP contribution in [0.3, 0.4) is 0 Å². The molecule has 1 atom stereocenters. The van der Waals surface area contributed by atoms with Crippen LogP contribution in [0, 0.1) is 5.92 Å². The highest BCUT2D eigenvalue weighted by Gasteiger charge is 2.05. The monoisotopic (exact) mass is 140 g/mol. The van der Waals surface area contributed by atoms with Crippen molar-refractivity contribution in [2.24, 2.45) is 5.92 Å². The molecule has 0 saturated carbocycles. The Morgan fingerprint density at radius 3 is 2.50 bits per heavy atom. The summed E-state index contributed by atoms with van der Waals surface area (Å²) in [4.78, 5) is 10.3. The third-order valence-corrected chi connectivity index (χ3v) is 1.22. The normalized spacial score (nSPS) is 14.4. The van der Waals surface area contributed by atoms with E-state index in [1.807, 2.05) is 6.92 Å². The van der Waals surface area contributed by atoms with E-state index in [9.17, 15) is 4.79 Å². The summed E-state index contributed by atoms with van der Waals surface area (Å²) in [5.41, 5.74) is 0.898. The van der Waals surface area contributed by atoms with Crippen LogP contribution in [0.2, 0.25) is 0 Å². The Bertz CT molecular complexity index is 168. The average molecular weight is 140 g/mol. The van der Waals surface area contributed by atoms with E-state index >= 15 is 0 Å². The molecule has 0 aromatic heterocycles. The predicted octanol–water partition coefficient (Wildman–Crippen LogP) is 1.84. The highest BCUT2D eigenvalue weighted by Crippen LogP contribution is 2.02. The van der Waals surface area contributed by atoms with Crippen LogP contribution in [0.1, 0.15) is 13.8 Å². The fraction of sp³-hybridized carbons (Fsp3) is 0.375. The lowest BCUT2D eigenvalue weighted by Crippen LogP contribution is -2.06. The maximum absolute atomic E-state index is 10.3. The first kappa shape index (κ1) is 8.95. The molecule has 0 spiro atoms. The van der Waals surface area contributed by atoms with Crippen LogP contribution in [-0.4, -0.2) is 11.1 Å². The van der Waals surface area contributed by atoms with Crippen molar-refractivity contribution in [2.45, 2.75) is 13.8 Å². The Balaban J connectivity index is 4.11. The molecule has 0 bridgehead atoms. The molecule has 0 aliphatic heterocycles. The number of aliphatic carboxylic acids is 1. The SMILES string of the molecule is C=C/C(C)=C/[C@H](C)C(=O)O. The molecule has 0 unspecified atom stereocenters. The molecule has 0 radical (unpaired) electrons. The quantitative estimate of drug-likeness (QED) is 0.607. The highest BCUT2D eigenvalue weighted by atomic mass is 16.4. The number of carbonyl (C=O) groups is 1. The summed E-state index contributed by atoms with van der Waals surface area (Å²) < 4.78 is 0. The Morgan fingerprint density at radius 2 is 2.20 bits per heavy atom. The molecule has 0 aliphatic rings. The molecule has 0 rings (SSSR count). The maximum Gasteiger partial charge on any atom is 0.310 e. The van der Waals surface area contributed by atoms with Crippen LogP contribution < -0.4 is 0 Å². The van der Waals surface area contributed by atoms with E-state index < -0.39 is 11.9 Å². The third-order valence-electron chi connectivity index (χ3n) is 1.22. The minimum atomic E-state index is -0.804. The summed E-state index contributed by atoms with van der Waals surface area (Å²) in [5.74, 6) is -1.22. The molecule has 0 heterocycles. The highest BCUT2D eigenvalue weighted by molar-refractivity contribution is 5.71. The Hall–Kier alpha value is -1.05. The van der Waals surface area contributed by atoms with E-state index in [1.165, 1.54) is 0 Å². The van der Waals surface area contributed by atoms with Crippen molar-refractivity contribution < 1.29 is 9.90 Å². The van der Waals surface area contributed by atoms with Crippen molar-refractivity contribution in [3.63, 3.8) is 0 Å². The van der Waals surface area contributed by atoms with Crippen LogP contribution >= 0.6 is 0 Å². The lowest BCUT2D eigenvalue weighted by molar-refractivity contribution is -0.139. The molecule has 2 heteroatoms. The Morgan fingerprint density at radius 1 is 1.70 bits per heavy atom. The van der Waals surface area contributed by atoms with Crippen LogP contribution in [0.15, 0.2) is 24.3 Å². The molecule has 0 aliphatic carbocycles. The minimum Gasteiger partial charge on any atom is -0.481 e. The first-order valence-corrected chi connectivity index (χ1v) is 3.11. The largest absolute Gasteiger partial charge is 0.481 e. The van der Waals surface area contributed by atoms with Gasteiger partial charge in [0.05, 0.1) is 5.92 Å². The van der Waals surface area contributed by atoms with E-state index in [1.54, 1.807) is 19.1 Å². The lowest BCUT2D eigenvalue weighted by Gasteiger charge is -1.98. The second-order valence-corrected chi connectivity index (χ2v) is 2.24. The van der Waals surface area contributed by atoms with E-state index in [4.69, 9.17) is 5.11 Å². The second-order valence-electron chi connectivity index (χ2n) is 2.24. The number of hydrogen-bond acceptors (Lipinski definition) is 1. The number of carboxylic acid groups (broad SMARTS) is 1. The molecule has 10 heavy (non-hydrogen) atoms. The van der Waals surface area contributed by atoms with Gasteiger partial charge in [0.25, 0.3) is 0 Å². The Labute approximate surface area is 60.9 Å². The fourth-order valence-electron chi connectivity index (χ4n) is 0.534. The fourth-order valence-corrected chi connectivity index (χ4v) is 0.534. The van der Waals surface area contributed by atoms with Crippen molar-refractivity contribution in [2.75, 3.05) is 0 Å². The summed E-state index contributed by atoms with van der Waals surface area (Å²) >= 11 is 0. The number of allylic oxidation sites excluding steroid dienone is 2. The first-order chi connectivity index (χ1) is 4.57. The maximum atomic E-state index is 10.3. The number of carboxylic acids is 1. The van der Waals surface area contributed by atoms with Crippen LogP contribution in [-0.2, 0) is 4.79 Å². The molecule has 0 aromatic carbocycles. The topological polar surface area (TPSA) is 37.3 Å². The van der Waals surface area contributed by atoms with E-state index in [2.05, 4.69) is 6.58 Å².